The van der Waals surface area contributed by atoms with Crippen LogP contribution in [0.15, 0.2) is 42.7 Å². The van der Waals surface area contributed by atoms with Crippen molar-refractivity contribution in [2.24, 2.45) is 0 Å². The molecule has 0 aliphatic carbocycles. The van der Waals surface area contributed by atoms with E-state index >= 15 is 0 Å². The maximum atomic E-state index is 13.2. The summed E-state index contributed by atoms with van der Waals surface area (Å²) in [7, 11) is 0. The maximum absolute atomic E-state index is 13.2. The molecule has 1 aromatic carbocycles. The van der Waals surface area contributed by atoms with Gasteiger partial charge in [0.2, 0.25) is 5.91 Å². The molecule has 2 aromatic rings. The van der Waals surface area contributed by atoms with Gasteiger partial charge < -0.3 is 14.8 Å². The summed E-state index contributed by atoms with van der Waals surface area (Å²) in [5.74, 6) is 0.0173. The Morgan fingerprint density at radius 3 is 2.77 bits per heavy atom. The first-order chi connectivity index (χ1) is 12.8. The highest BCUT2D eigenvalue weighted by Crippen LogP contribution is 2.36. The Kier molecular flexibility index (Phi) is 5.04. The zero-order valence-corrected chi connectivity index (χ0v) is 14.9. The minimum Gasteiger partial charge on any atom is -0.381 e. The molecule has 0 spiro atoms. The number of carbonyl (C=O) groups is 1. The molecule has 3 heterocycles. The van der Waals surface area contributed by atoms with E-state index in [4.69, 9.17) is 9.47 Å². The molecule has 1 amide bonds. The van der Waals surface area contributed by atoms with Crippen LogP contribution >= 0.6 is 0 Å². The van der Waals surface area contributed by atoms with Crippen molar-refractivity contribution in [3.8, 4) is 0 Å². The molecule has 0 saturated carbocycles. The third kappa shape index (κ3) is 3.52. The monoisotopic (exact) mass is 355 g/mol. The summed E-state index contributed by atoms with van der Waals surface area (Å²) in [5, 5.41) is 7.45. The summed E-state index contributed by atoms with van der Waals surface area (Å²) >= 11 is 0. The number of benzene rings is 1. The number of hydrogen-bond donors (Lipinski definition) is 1. The number of rotatable bonds is 5. The van der Waals surface area contributed by atoms with Crippen molar-refractivity contribution in [3.63, 3.8) is 0 Å². The van der Waals surface area contributed by atoms with Crippen LogP contribution in [0.3, 0.4) is 0 Å². The standard InChI is InChI=1S/C20H25N3O3/c24-19(20(8-11-25-12-9-20)16-5-2-1-3-6-16)22-17-13-21-23(14-17)15-18-7-4-10-26-18/h1-3,5-6,13-14,18H,4,7-12,15H2,(H,22,24)/t18-/m0/s1. The van der Waals surface area contributed by atoms with Crippen molar-refractivity contribution in [1.82, 2.24) is 9.78 Å². The largest absolute Gasteiger partial charge is 0.381 e. The van der Waals surface area contributed by atoms with Crippen LogP contribution in [0.4, 0.5) is 5.69 Å². The molecule has 4 rings (SSSR count). The number of anilines is 1. The number of aromatic nitrogens is 2. The second-order valence-electron chi connectivity index (χ2n) is 7.10. The Hall–Kier alpha value is -2.18. The Labute approximate surface area is 153 Å². The van der Waals surface area contributed by atoms with Gasteiger partial charge in [0.05, 0.1) is 29.9 Å². The summed E-state index contributed by atoms with van der Waals surface area (Å²) in [4.78, 5) is 13.2. The van der Waals surface area contributed by atoms with E-state index in [-0.39, 0.29) is 12.0 Å². The van der Waals surface area contributed by atoms with Crippen molar-refractivity contribution in [2.75, 3.05) is 25.1 Å². The minimum atomic E-state index is -0.545. The molecule has 6 heteroatoms. The highest BCUT2D eigenvalue weighted by Gasteiger charge is 2.41. The molecule has 2 saturated heterocycles. The van der Waals surface area contributed by atoms with Crippen molar-refractivity contribution in [2.45, 2.75) is 43.7 Å². The molecule has 0 radical (unpaired) electrons. The van der Waals surface area contributed by atoms with Gasteiger partial charge in [-0.3, -0.25) is 9.48 Å². The van der Waals surface area contributed by atoms with E-state index < -0.39 is 5.41 Å². The summed E-state index contributed by atoms with van der Waals surface area (Å²) in [6, 6.07) is 10.0. The second-order valence-corrected chi connectivity index (χ2v) is 7.10. The lowest BCUT2D eigenvalue weighted by molar-refractivity contribution is -0.125. The molecule has 2 aliphatic heterocycles. The van der Waals surface area contributed by atoms with E-state index in [1.54, 1.807) is 6.20 Å². The lowest BCUT2D eigenvalue weighted by Gasteiger charge is -2.36. The average Bonchev–Trinajstić information content (AvgIpc) is 3.35. The van der Waals surface area contributed by atoms with Gasteiger partial charge in [0.25, 0.3) is 0 Å². The van der Waals surface area contributed by atoms with Crippen LogP contribution in [-0.2, 0) is 26.2 Å². The molecule has 0 unspecified atom stereocenters. The molecule has 138 valence electrons. The molecular formula is C20H25N3O3. The molecule has 26 heavy (non-hydrogen) atoms. The van der Waals surface area contributed by atoms with Crippen LogP contribution in [-0.4, -0.2) is 41.6 Å². The van der Waals surface area contributed by atoms with Gasteiger partial charge in [-0.15, -0.1) is 0 Å². The van der Waals surface area contributed by atoms with Crippen LogP contribution in [0.2, 0.25) is 0 Å². The Morgan fingerprint density at radius 2 is 2.04 bits per heavy atom. The van der Waals surface area contributed by atoms with Gasteiger partial charge in [-0.25, -0.2) is 0 Å². The molecule has 0 bridgehead atoms. The van der Waals surface area contributed by atoms with Gasteiger partial charge in [0.1, 0.15) is 0 Å². The number of hydrogen-bond acceptors (Lipinski definition) is 4. The Balaban J connectivity index is 1.49. The van der Waals surface area contributed by atoms with Gasteiger partial charge in [-0.1, -0.05) is 30.3 Å². The first-order valence-electron chi connectivity index (χ1n) is 9.35. The van der Waals surface area contributed by atoms with Gasteiger partial charge in [0, 0.05) is 26.0 Å². The zero-order chi connectivity index (χ0) is 17.8. The third-order valence-electron chi connectivity index (χ3n) is 5.41. The molecule has 2 aliphatic rings. The number of nitrogens with zero attached hydrogens (tertiary/aromatic N) is 2. The fraction of sp³-hybridized carbons (Fsp3) is 0.500. The highest BCUT2D eigenvalue weighted by molar-refractivity contribution is 5.99. The van der Waals surface area contributed by atoms with Crippen molar-refractivity contribution < 1.29 is 14.3 Å². The zero-order valence-electron chi connectivity index (χ0n) is 14.9. The smallest absolute Gasteiger partial charge is 0.235 e. The van der Waals surface area contributed by atoms with Gasteiger partial charge in [0.15, 0.2) is 0 Å². The highest BCUT2D eigenvalue weighted by atomic mass is 16.5. The summed E-state index contributed by atoms with van der Waals surface area (Å²) in [6.45, 7) is 2.76. The van der Waals surface area contributed by atoms with E-state index in [1.807, 2.05) is 41.2 Å². The molecule has 1 atom stereocenters. The number of carbonyl (C=O) groups excluding carboxylic acids is 1. The molecule has 1 N–H and O–H groups in total. The third-order valence-corrected chi connectivity index (χ3v) is 5.41. The summed E-state index contributed by atoms with van der Waals surface area (Å²) < 4.78 is 13.0. The lowest BCUT2D eigenvalue weighted by Crippen LogP contribution is -2.44. The Morgan fingerprint density at radius 1 is 1.23 bits per heavy atom. The van der Waals surface area contributed by atoms with Crippen LogP contribution in [0.5, 0.6) is 0 Å². The Bertz CT molecular complexity index is 732. The normalized spacial score (nSPS) is 22.2. The number of ether oxygens (including phenoxy) is 2. The van der Waals surface area contributed by atoms with Gasteiger partial charge >= 0.3 is 0 Å². The van der Waals surface area contributed by atoms with Gasteiger partial charge in [-0.05, 0) is 31.2 Å². The predicted octanol–water partition coefficient (Wildman–Crippen LogP) is 2.75. The quantitative estimate of drug-likeness (QED) is 0.896. The van der Waals surface area contributed by atoms with Crippen molar-refractivity contribution in [3.05, 3.63) is 48.3 Å². The number of amides is 1. The fourth-order valence-electron chi connectivity index (χ4n) is 3.90. The van der Waals surface area contributed by atoms with Crippen LogP contribution < -0.4 is 5.32 Å². The summed E-state index contributed by atoms with van der Waals surface area (Å²) in [5.41, 5.74) is 1.23. The van der Waals surface area contributed by atoms with Crippen LogP contribution in [0.1, 0.15) is 31.2 Å². The second kappa shape index (κ2) is 7.60. The molecule has 6 nitrogen and oxygen atoms in total. The minimum absolute atomic E-state index is 0.0173. The van der Waals surface area contributed by atoms with E-state index in [2.05, 4.69) is 10.4 Å². The number of nitrogens with one attached hydrogen (secondary N) is 1. The maximum Gasteiger partial charge on any atom is 0.235 e. The fourth-order valence-corrected chi connectivity index (χ4v) is 3.90. The van der Waals surface area contributed by atoms with E-state index in [0.29, 0.717) is 26.1 Å². The van der Waals surface area contributed by atoms with E-state index in [0.717, 1.165) is 37.2 Å². The first-order valence-corrected chi connectivity index (χ1v) is 9.35. The van der Waals surface area contributed by atoms with Crippen LogP contribution in [0.25, 0.3) is 0 Å². The SMILES string of the molecule is O=C(Nc1cnn(C[C@@H]2CCCO2)c1)C1(c2ccccc2)CCOCC1. The lowest BCUT2D eigenvalue weighted by atomic mass is 9.73. The topological polar surface area (TPSA) is 65.4 Å². The molecule has 1 aromatic heterocycles. The van der Waals surface area contributed by atoms with E-state index in [1.165, 1.54) is 0 Å². The first kappa shape index (κ1) is 17.2. The predicted molar refractivity (Wildman–Crippen MR) is 98.0 cm³/mol. The molecule has 2 fully saturated rings. The van der Waals surface area contributed by atoms with Crippen molar-refractivity contribution >= 4 is 11.6 Å². The average molecular weight is 355 g/mol. The van der Waals surface area contributed by atoms with Crippen molar-refractivity contribution in [1.29, 1.82) is 0 Å². The van der Waals surface area contributed by atoms with Crippen LogP contribution in [0, 0.1) is 0 Å². The summed E-state index contributed by atoms with van der Waals surface area (Å²) in [6.07, 6.45) is 7.38. The molecular weight excluding hydrogens is 330 g/mol. The van der Waals surface area contributed by atoms with Gasteiger partial charge in [-0.2, -0.15) is 5.10 Å². The van der Waals surface area contributed by atoms with E-state index in [9.17, 15) is 4.79 Å².